The molecule has 1 aromatic rings. The number of aryl methyl sites for hydroxylation is 2. The van der Waals surface area contributed by atoms with Crippen LogP contribution in [0.15, 0.2) is 23.1 Å². The molecule has 0 N–H and O–H groups in total. The van der Waals surface area contributed by atoms with E-state index in [-0.39, 0.29) is 11.1 Å². The fourth-order valence-corrected chi connectivity index (χ4v) is 6.54. The number of rotatable bonds is 5. The monoisotopic (exact) mass is 437 g/mol. The van der Waals surface area contributed by atoms with E-state index in [1.165, 1.54) is 28.1 Å². The molecule has 2 saturated heterocycles. The van der Waals surface area contributed by atoms with E-state index in [0.717, 1.165) is 30.6 Å². The Kier molecular flexibility index (Phi) is 6.17. The van der Waals surface area contributed by atoms with Crippen molar-refractivity contribution < 1.29 is 18.0 Å². The molecule has 0 unspecified atom stereocenters. The van der Waals surface area contributed by atoms with Crippen LogP contribution in [0.2, 0.25) is 0 Å². The number of fused-ring (bicyclic) bond motifs is 1. The maximum absolute atomic E-state index is 13.1. The van der Waals surface area contributed by atoms with Crippen LogP contribution in [0.4, 0.5) is 4.79 Å². The number of hydrogen-bond acceptors (Lipinski definition) is 5. The van der Waals surface area contributed by atoms with Crippen LogP contribution in [0.3, 0.4) is 0 Å². The number of thioether (sulfide) groups is 1. The Morgan fingerprint density at radius 2 is 1.72 bits per heavy atom. The van der Waals surface area contributed by atoms with Crippen molar-refractivity contribution in [2.45, 2.75) is 37.0 Å². The Labute approximate surface area is 176 Å². The molecule has 0 atom stereocenters. The molecule has 2 amide bonds. The molecule has 0 saturated carbocycles. The van der Waals surface area contributed by atoms with Crippen molar-refractivity contribution in [3.8, 4) is 0 Å². The molecule has 9 heteroatoms. The van der Waals surface area contributed by atoms with Crippen molar-refractivity contribution in [2.75, 3.05) is 45.0 Å². The lowest BCUT2D eigenvalue weighted by Gasteiger charge is -2.34. The summed E-state index contributed by atoms with van der Waals surface area (Å²) in [7, 11) is -3.54. The van der Waals surface area contributed by atoms with Crippen LogP contribution < -0.4 is 0 Å². The molecule has 0 spiro atoms. The van der Waals surface area contributed by atoms with Gasteiger partial charge in [0.2, 0.25) is 15.9 Å². The number of sulfonamides is 1. The van der Waals surface area contributed by atoms with Crippen LogP contribution in [-0.2, 0) is 27.7 Å². The molecule has 4 rings (SSSR count). The Morgan fingerprint density at radius 3 is 2.41 bits per heavy atom. The van der Waals surface area contributed by atoms with E-state index in [1.54, 1.807) is 15.9 Å². The Bertz CT molecular complexity index is 895. The fraction of sp³-hybridized carbons (Fsp3) is 0.600. The summed E-state index contributed by atoms with van der Waals surface area (Å²) in [6.07, 6.45) is 4.54. The second-order valence-corrected chi connectivity index (χ2v) is 10.8. The number of carbonyl (C=O) groups excluding carboxylic acids is 2. The molecular formula is C20H27N3O4S2. The minimum absolute atomic E-state index is 0.0134. The SMILES string of the molecule is O=C(CCN1CCSC1=O)N1CCN(S(=O)(=O)c2ccc3c(c2)CCCC3)CC1. The average molecular weight is 438 g/mol. The minimum Gasteiger partial charge on any atom is -0.340 e. The quantitative estimate of drug-likeness (QED) is 0.704. The average Bonchev–Trinajstić information content (AvgIpc) is 3.16. The first-order chi connectivity index (χ1) is 13.9. The summed E-state index contributed by atoms with van der Waals surface area (Å²) in [4.78, 5) is 27.9. The topological polar surface area (TPSA) is 78.0 Å². The zero-order valence-corrected chi connectivity index (χ0v) is 18.1. The van der Waals surface area contributed by atoms with Crippen LogP contribution in [0.1, 0.15) is 30.4 Å². The highest BCUT2D eigenvalue weighted by molar-refractivity contribution is 8.13. The first kappa shape index (κ1) is 20.7. The molecule has 0 aromatic heterocycles. The molecule has 2 heterocycles. The molecular weight excluding hydrogens is 410 g/mol. The van der Waals surface area contributed by atoms with Gasteiger partial charge in [-0.2, -0.15) is 4.31 Å². The van der Waals surface area contributed by atoms with Crippen molar-refractivity contribution >= 4 is 32.9 Å². The lowest BCUT2D eigenvalue weighted by atomic mass is 9.92. The second-order valence-electron chi connectivity index (χ2n) is 7.77. The number of nitrogens with zero attached hydrogens (tertiary/aromatic N) is 3. The Hall–Kier alpha value is -1.58. The zero-order valence-electron chi connectivity index (χ0n) is 16.5. The molecule has 29 heavy (non-hydrogen) atoms. The van der Waals surface area contributed by atoms with E-state index in [1.807, 2.05) is 12.1 Å². The summed E-state index contributed by atoms with van der Waals surface area (Å²) >= 11 is 1.29. The largest absolute Gasteiger partial charge is 0.340 e. The summed E-state index contributed by atoms with van der Waals surface area (Å²) in [5.74, 6) is 0.771. The number of hydrogen-bond donors (Lipinski definition) is 0. The second kappa shape index (κ2) is 8.65. The summed E-state index contributed by atoms with van der Waals surface area (Å²) < 4.78 is 27.6. The standard InChI is InChI=1S/C20H27N3O4S2/c24-19(7-8-22-13-14-28-20(22)25)21-9-11-23(12-10-21)29(26,27)18-6-5-16-3-1-2-4-17(16)15-18/h5-6,15H,1-4,7-14H2. The van der Waals surface area contributed by atoms with Crippen LogP contribution in [0.25, 0.3) is 0 Å². The molecule has 0 bridgehead atoms. The van der Waals surface area contributed by atoms with Gasteiger partial charge in [0.1, 0.15) is 0 Å². The van der Waals surface area contributed by atoms with Gasteiger partial charge in [-0.3, -0.25) is 9.59 Å². The number of benzene rings is 1. The van der Waals surface area contributed by atoms with Gasteiger partial charge in [-0.15, -0.1) is 0 Å². The van der Waals surface area contributed by atoms with Gasteiger partial charge >= 0.3 is 0 Å². The van der Waals surface area contributed by atoms with Gasteiger partial charge in [-0.25, -0.2) is 8.42 Å². The van der Waals surface area contributed by atoms with Crippen LogP contribution in [-0.4, -0.2) is 78.7 Å². The molecule has 158 valence electrons. The molecule has 0 radical (unpaired) electrons. The number of carbonyl (C=O) groups is 2. The van der Waals surface area contributed by atoms with E-state index >= 15 is 0 Å². The van der Waals surface area contributed by atoms with E-state index in [0.29, 0.717) is 50.6 Å². The highest BCUT2D eigenvalue weighted by atomic mass is 32.2. The zero-order chi connectivity index (χ0) is 20.4. The van der Waals surface area contributed by atoms with Crippen LogP contribution in [0, 0.1) is 0 Å². The molecule has 2 fully saturated rings. The lowest BCUT2D eigenvalue weighted by Crippen LogP contribution is -2.50. The number of piperazine rings is 1. The van der Waals surface area contributed by atoms with Gasteiger partial charge in [-0.1, -0.05) is 17.8 Å². The predicted molar refractivity (Wildman–Crippen MR) is 112 cm³/mol. The Morgan fingerprint density at radius 1 is 1.00 bits per heavy atom. The summed E-state index contributed by atoms with van der Waals surface area (Å²) in [6.45, 7) is 2.55. The van der Waals surface area contributed by atoms with Gasteiger partial charge in [0, 0.05) is 51.4 Å². The van der Waals surface area contributed by atoms with Crippen molar-refractivity contribution in [2.24, 2.45) is 0 Å². The Balaban J connectivity index is 1.33. The van der Waals surface area contributed by atoms with Gasteiger partial charge in [0.15, 0.2) is 0 Å². The van der Waals surface area contributed by atoms with Crippen molar-refractivity contribution in [3.63, 3.8) is 0 Å². The van der Waals surface area contributed by atoms with Crippen molar-refractivity contribution in [1.29, 1.82) is 0 Å². The maximum Gasteiger partial charge on any atom is 0.281 e. The predicted octanol–water partition coefficient (Wildman–Crippen LogP) is 1.96. The van der Waals surface area contributed by atoms with E-state index in [9.17, 15) is 18.0 Å². The van der Waals surface area contributed by atoms with Gasteiger partial charge < -0.3 is 9.80 Å². The first-order valence-electron chi connectivity index (χ1n) is 10.3. The molecule has 1 aliphatic carbocycles. The smallest absolute Gasteiger partial charge is 0.281 e. The summed E-state index contributed by atoms with van der Waals surface area (Å²) in [5.41, 5.74) is 2.42. The van der Waals surface area contributed by atoms with Crippen LogP contribution in [0.5, 0.6) is 0 Å². The normalized spacial score (nSPS) is 20.8. The first-order valence-corrected chi connectivity index (χ1v) is 12.7. The molecule has 7 nitrogen and oxygen atoms in total. The third-order valence-electron chi connectivity index (χ3n) is 5.99. The number of amides is 2. The lowest BCUT2D eigenvalue weighted by molar-refractivity contribution is -0.132. The van der Waals surface area contributed by atoms with Crippen LogP contribution >= 0.6 is 11.8 Å². The van der Waals surface area contributed by atoms with E-state index < -0.39 is 10.0 Å². The highest BCUT2D eigenvalue weighted by Gasteiger charge is 2.31. The van der Waals surface area contributed by atoms with Crippen molar-refractivity contribution in [1.82, 2.24) is 14.1 Å². The fourth-order valence-electron chi connectivity index (χ4n) is 4.21. The summed E-state index contributed by atoms with van der Waals surface area (Å²) in [5, 5.41) is 0.0405. The molecule has 3 aliphatic rings. The molecule has 2 aliphatic heterocycles. The minimum atomic E-state index is -3.54. The third-order valence-corrected chi connectivity index (χ3v) is 8.78. The van der Waals surface area contributed by atoms with Gasteiger partial charge in [-0.05, 0) is 48.9 Å². The van der Waals surface area contributed by atoms with Gasteiger partial charge in [0.05, 0.1) is 4.90 Å². The third kappa shape index (κ3) is 4.46. The molecule has 1 aromatic carbocycles. The highest BCUT2D eigenvalue weighted by Crippen LogP contribution is 2.26. The van der Waals surface area contributed by atoms with E-state index in [4.69, 9.17) is 0 Å². The maximum atomic E-state index is 13.1. The van der Waals surface area contributed by atoms with Gasteiger partial charge in [0.25, 0.3) is 5.24 Å². The van der Waals surface area contributed by atoms with Crippen molar-refractivity contribution in [3.05, 3.63) is 29.3 Å². The summed E-state index contributed by atoms with van der Waals surface area (Å²) in [6, 6.07) is 5.52. The van der Waals surface area contributed by atoms with E-state index in [2.05, 4.69) is 0 Å².